The smallest absolute Gasteiger partial charge is 0.232 e. The van der Waals surface area contributed by atoms with E-state index in [0.717, 1.165) is 28.1 Å². The van der Waals surface area contributed by atoms with E-state index in [4.69, 9.17) is 13.7 Å². The van der Waals surface area contributed by atoms with Gasteiger partial charge in [0.15, 0.2) is 16.8 Å². The Morgan fingerprint density at radius 1 is 1.10 bits per heavy atom. The van der Waals surface area contributed by atoms with E-state index in [-0.39, 0.29) is 5.41 Å². The molecule has 0 saturated heterocycles. The molecular formula is C21H23N5O3S. The third-order valence-corrected chi connectivity index (χ3v) is 5.36. The predicted molar refractivity (Wildman–Crippen MR) is 112 cm³/mol. The van der Waals surface area contributed by atoms with E-state index in [9.17, 15) is 0 Å². The summed E-state index contributed by atoms with van der Waals surface area (Å²) in [7, 11) is 1.65. The maximum absolute atomic E-state index is 5.55. The molecule has 30 heavy (non-hydrogen) atoms. The second-order valence-corrected chi connectivity index (χ2v) is 8.70. The third-order valence-electron chi connectivity index (χ3n) is 4.40. The first kappa shape index (κ1) is 20.2. The van der Waals surface area contributed by atoms with Crippen molar-refractivity contribution in [1.82, 2.24) is 24.9 Å². The van der Waals surface area contributed by atoms with Crippen molar-refractivity contribution in [1.29, 1.82) is 0 Å². The molecule has 156 valence electrons. The van der Waals surface area contributed by atoms with Gasteiger partial charge in [0, 0.05) is 11.0 Å². The fourth-order valence-electron chi connectivity index (χ4n) is 2.80. The van der Waals surface area contributed by atoms with Crippen LogP contribution in [-0.4, -0.2) is 32.0 Å². The van der Waals surface area contributed by atoms with Gasteiger partial charge in [0.05, 0.1) is 25.7 Å². The average Bonchev–Trinajstić information content (AvgIpc) is 3.48. The highest BCUT2D eigenvalue weighted by atomic mass is 32.2. The second-order valence-electron chi connectivity index (χ2n) is 7.75. The van der Waals surface area contributed by atoms with E-state index in [1.54, 1.807) is 13.4 Å². The molecular weight excluding hydrogens is 402 g/mol. The van der Waals surface area contributed by atoms with Crippen LogP contribution in [0.15, 0.2) is 56.8 Å². The van der Waals surface area contributed by atoms with E-state index in [1.165, 1.54) is 11.8 Å². The van der Waals surface area contributed by atoms with Crippen LogP contribution in [0.25, 0.3) is 11.4 Å². The lowest BCUT2D eigenvalue weighted by Crippen LogP contribution is -2.11. The topological polar surface area (TPSA) is 92.0 Å². The van der Waals surface area contributed by atoms with Crippen LogP contribution in [0.2, 0.25) is 0 Å². The average molecular weight is 426 g/mol. The lowest BCUT2D eigenvalue weighted by molar-refractivity contribution is 0.319. The van der Waals surface area contributed by atoms with Crippen LogP contribution in [0.4, 0.5) is 0 Å². The van der Waals surface area contributed by atoms with Crippen LogP contribution in [0, 0.1) is 0 Å². The molecule has 8 nitrogen and oxygen atoms in total. The Balaban J connectivity index is 1.60. The van der Waals surface area contributed by atoms with Crippen molar-refractivity contribution in [2.45, 2.75) is 43.6 Å². The van der Waals surface area contributed by atoms with Gasteiger partial charge in [-0.25, -0.2) is 0 Å². The highest BCUT2D eigenvalue weighted by molar-refractivity contribution is 7.98. The predicted octanol–water partition coefficient (Wildman–Crippen LogP) is 4.57. The number of rotatable bonds is 7. The van der Waals surface area contributed by atoms with Gasteiger partial charge in [0.2, 0.25) is 5.89 Å². The summed E-state index contributed by atoms with van der Waals surface area (Å²) in [5.41, 5.74) is 0.757. The summed E-state index contributed by atoms with van der Waals surface area (Å²) in [5.74, 6) is 4.13. The number of aromatic nitrogens is 5. The molecule has 0 radical (unpaired) electrons. The lowest BCUT2D eigenvalue weighted by atomic mass is 9.97. The van der Waals surface area contributed by atoms with Crippen LogP contribution in [0.5, 0.6) is 5.75 Å². The molecule has 0 bridgehead atoms. The Labute approximate surface area is 178 Å². The van der Waals surface area contributed by atoms with Crippen LogP contribution < -0.4 is 4.74 Å². The van der Waals surface area contributed by atoms with Crippen molar-refractivity contribution in [3.63, 3.8) is 0 Å². The number of methoxy groups -OCH3 is 1. The summed E-state index contributed by atoms with van der Waals surface area (Å²) < 4.78 is 18.2. The molecule has 0 saturated carbocycles. The van der Waals surface area contributed by atoms with E-state index in [1.807, 2.05) is 61.7 Å². The van der Waals surface area contributed by atoms with Crippen molar-refractivity contribution in [2.24, 2.45) is 0 Å². The summed E-state index contributed by atoms with van der Waals surface area (Å²) in [4.78, 5) is 4.50. The van der Waals surface area contributed by atoms with Gasteiger partial charge in [-0.05, 0) is 36.4 Å². The van der Waals surface area contributed by atoms with Gasteiger partial charge in [0.1, 0.15) is 11.5 Å². The highest BCUT2D eigenvalue weighted by Crippen LogP contribution is 2.29. The number of ether oxygens (including phenoxy) is 1. The van der Waals surface area contributed by atoms with Gasteiger partial charge in [-0.2, -0.15) is 4.98 Å². The molecule has 4 aromatic rings. The number of thioether (sulfide) groups is 1. The van der Waals surface area contributed by atoms with Crippen LogP contribution >= 0.6 is 11.8 Å². The quantitative estimate of drug-likeness (QED) is 0.398. The lowest BCUT2D eigenvalue weighted by Gasteiger charge is -2.10. The zero-order chi connectivity index (χ0) is 21.1. The first-order valence-corrected chi connectivity index (χ1v) is 10.5. The summed E-state index contributed by atoms with van der Waals surface area (Å²) in [6.45, 7) is 6.64. The van der Waals surface area contributed by atoms with E-state index in [0.29, 0.717) is 24.0 Å². The van der Waals surface area contributed by atoms with Gasteiger partial charge in [-0.1, -0.05) is 37.7 Å². The number of benzene rings is 1. The largest absolute Gasteiger partial charge is 0.497 e. The number of hydrogen-bond acceptors (Lipinski definition) is 8. The number of hydrogen-bond donors (Lipinski definition) is 0. The first-order chi connectivity index (χ1) is 14.4. The molecule has 0 atom stereocenters. The molecule has 0 aliphatic rings. The van der Waals surface area contributed by atoms with Gasteiger partial charge in [0.25, 0.3) is 0 Å². The summed E-state index contributed by atoms with van der Waals surface area (Å²) in [6, 6.07) is 11.5. The van der Waals surface area contributed by atoms with E-state index in [2.05, 4.69) is 20.3 Å². The second kappa shape index (κ2) is 8.35. The SMILES string of the molecule is COc1ccc(-c2nnc(SCc3noc(C(C)(C)C)n3)n2Cc2ccco2)cc1. The molecule has 0 amide bonds. The number of furan rings is 1. The van der Waals surface area contributed by atoms with Crippen molar-refractivity contribution < 1.29 is 13.7 Å². The zero-order valence-electron chi connectivity index (χ0n) is 17.3. The van der Waals surface area contributed by atoms with Gasteiger partial charge < -0.3 is 13.7 Å². The standard InChI is InChI=1S/C21H23N5O3S/c1-21(2,3)19-22-17(25-29-19)13-30-20-24-23-18(14-7-9-15(27-4)10-8-14)26(20)12-16-6-5-11-28-16/h5-11H,12-13H2,1-4H3. The van der Waals surface area contributed by atoms with Gasteiger partial charge in [-0.15, -0.1) is 10.2 Å². The summed E-state index contributed by atoms with van der Waals surface area (Å²) in [6.07, 6.45) is 1.66. The number of nitrogens with zero attached hydrogens (tertiary/aromatic N) is 5. The van der Waals surface area contributed by atoms with Crippen LogP contribution in [0.3, 0.4) is 0 Å². The third kappa shape index (κ3) is 4.40. The van der Waals surface area contributed by atoms with Crippen molar-refractivity contribution in [2.75, 3.05) is 7.11 Å². The van der Waals surface area contributed by atoms with Crippen LogP contribution in [-0.2, 0) is 17.7 Å². The fourth-order valence-corrected chi connectivity index (χ4v) is 3.58. The minimum atomic E-state index is -0.184. The first-order valence-electron chi connectivity index (χ1n) is 9.50. The molecule has 3 heterocycles. The Hall–Kier alpha value is -3.07. The van der Waals surface area contributed by atoms with E-state index >= 15 is 0 Å². The molecule has 0 fully saturated rings. The van der Waals surface area contributed by atoms with Crippen molar-refractivity contribution in [3.05, 3.63) is 60.1 Å². The maximum atomic E-state index is 5.55. The summed E-state index contributed by atoms with van der Waals surface area (Å²) in [5, 5.41) is 13.7. The summed E-state index contributed by atoms with van der Waals surface area (Å²) >= 11 is 1.51. The molecule has 0 spiro atoms. The normalized spacial score (nSPS) is 11.7. The zero-order valence-corrected chi connectivity index (χ0v) is 18.1. The minimum Gasteiger partial charge on any atom is -0.497 e. The Morgan fingerprint density at radius 3 is 2.53 bits per heavy atom. The molecule has 9 heteroatoms. The Morgan fingerprint density at radius 2 is 1.90 bits per heavy atom. The molecule has 0 unspecified atom stereocenters. The fraction of sp³-hybridized carbons (Fsp3) is 0.333. The molecule has 0 aliphatic heterocycles. The highest BCUT2D eigenvalue weighted by Gasteiger charge is 2.22. The minimum absolute atomic E-state index is 0.184. The molecule has 1 aromatic carbocycles. The molecule has 4 rings (SSSR count). The van der Waals surface area contributed by atoms with E-state index < -0.39 is 0 Å². The Kier molecular flexibility index (Phi) is 5.63. The molecule has 0 N–H and O–H groups in total. The van der Waals surface area contributed by atoms with Crippen LogP contribution in [0.1, 0.15) is 38.2 Å². The molecule has 0 aliphatic carbocycles. The Bertz CT molecular complexity index is 1090. The maximum Gasteiger partial charge on any atom is 0.232 e. The monoisotopic (exact) mass is 425 g/mol. The van der Waals surface area contributed by atoms with Crippen molar-refractivity contribution in [3.8, 4) is 17.1 Å². The van der Waals surface area contributed by atoms with Crippen molar-refractivity contribution >= 4 is 11.8 Å². The van der Waals surface area contributed by atoms with Gasteiger partial charge in [-0.3, -0.25) is 4.57 Å². The van der Waals surface area contributed by atoms with Gasteiger partial charge >= 0.3 is 0 Å². The molecule has 3 aromatic heterocycles.